The summed E-state index contributed by atoms with van der Waals surface area (Å²) in [5.74, 6) is -0.374. The normalized spacial score (nSPS) is 25.2. The Kier molecular flexibility index (Phi) is 42.2. The third-order valence-corrected chi connectivity index (χ3v) is 14.2. The van der Waals surface area contributed by atoms with Crippen LogP contribution in [0.4, 0.5) is 0 Å². The lowest BCUT2D eigenvalue weighted by Gasteiger charge is -2.42. The van der Waals surface area contributed by atoms with Gasteiger partial charge in [-0.1, -0.05) is 212 Å². The van der Waals surface area contributed by atoms with Crippen LogP contribution in [0, 0.1) is 0 Å². The number of hydrogen-bond donors (Lipinski definition) is 7. The number of allylic oxidation sites excluding steroid dienone is 4. The van der Waals surface area contributed by atoms with Crippen LogP contribution in [0.5, 0.6) is 0 Å². The van der Waals surface area contributed by atoms with Crippen LogP contribution in [-0.4, -0.2) is 142 Å². The highest BCUT2D eigenvalue weighted by Gasteiger charge is 2.47. The fourth-order valence-corrected chi connectivity index (χ4v) is 9.44. The Morgan fingerprint density at radius 2 is 0.861 bits per heavy atom. The zero-order valence-electron chi connectivity index (χ0n) is 45.4. The minimum Gasteiger partial charge on any atom is -0.457 e. The van der Waals surface area contributed by atoms with E-state index >= 15 is 0 Å². The average Bonchev–Trinajstić information content (AvgIpc) is 3.38. The minimum absolute atomic E-state index is 0.0657. The van der Waals surface area contributed by atoms with Crippen molar-refractivity contribution < 1.29 is 69.0 Å². The molecule has 11 unspecified atom stereocenters. The fraction of sp³-hybridized carbons (Fsp3) is 0.914. The Balaban J connectivity index is 1.70. The van der Waals surface area contributed by atoms with Gasteiger partial charge in [0.2, 0.25) is 0 Å². The van der Waals surface area contributed by atoms with Crippen LogP contribution in [0.1, 0.15) is 239 Å². The second-order valence-electron chi connectivity index (χ2n) is 20.8. The third-order valence-electron chi connectivity index (χ3n) is 14.2. The summed E-state index contributed by atoms with van der Waals surface area (Å²) >= 11 is 0. The van der Waals surface area contributed by atoms with Gasteiger partial charge in [-0.25, -0.2) is 0 Å². The lowest BCUT2D eigenvalue weighted by atomic mass is 9.98. The van der Waals surface area contributed by atoms with Crippen molar-refractivity contribution in [3.05, 3.63) is 24.3 Å². The maximum atomic E-state index is 13.1. The number of hydrogen-bond acceptors (Lipinski definition) is 14. The van der Waals surface area contributed by atoms with Gasteiger partial charge in [-0.2, -0.15) is 0 Å². The van der Waals surface area contributed by atoms with Crippen molar-refractivity contribution in [3.8, 4) is 0 Å². The van der Waals surface area contributed by atoms with Crippen molar-refractivity contribution in [3.63, 3.8) is 0 Å². The van der Waals surface area contributed by atoms with E-state index in [1.165, 1.54) is 167 Å². The van der Waals surface area contributed by atoms with E-state index in [2.05, 4.69) is 38.2 Å². The van der Waals surface area contributed by atoms with E-state index < -0.39 is 80.7 Å². The van der Waals surface area contributed by atoms with E-state index in [1.807, 2.05) is 0 Å². The predicted octanol–water partition coefficient (Wildman–Crippen LogP) is 10.4. The Bertz CT molecular complexity index is 1290. The molecule has 2 saturated heterocycles. The molecule has 14 nitrogen and oxygen atoms in total. The van der Waals surface area contributed by atoms with Gasteiger partial charge in [0.1, 0.15) is 54.9 Å². The maximum absolute atomic E-state index is 13.1. The number of ether oxygens (including phenoxy) is 6. The number of esters is 1. The van der Waals surface area contributed by atoms with Crippen molar-refractivity contribution in [2.45, 2.75) is 306 Å². The van der Waals surface area contributed by atoms with Crippen molar-refractivity contribution >= 4 is 5.97 Å². The van der Waals surface area contributed by atoms with Crippen LogP contribution in [-0.2, 0) is 33.2 Å². The molecule has 2 aliphatic rings. The maximum Gasteiger partial charge on any atom is 0.306 e. The Morgan fingerprint density at radius 3 is 1.33 bits per heavy atom. The van der Waals surface area contributed by atoms with E-state index in [9.17, 15) is 40.5 Å². The van der Waals surface area contributed by atoms with Gasteiger partial charge in [0, 0.05) is 13.0 Å². The number of unbranched alkanes of at least 4 members (excludes halogenated alkanes) is 30. The van der Waals surface area contributed by atoms with Crippen molar-refractivity contribution in [1.29, 1.82) is 0 Å². The van der Waals surface area contributed by atoms with Crippen LogP contribution in [0.2, 0.25) is 0 Å². The highest BCUT2D eigenvalue weighted by atomic mass is 16.7. The topological polar surface area (TPSA) is 214 Å². The lowest BCUT2D eigenvalue weighted by molar-refractivity contribution is -0.332. The smallest absolute Gasteiger partial charge is 0.306 e. The summed E-state index contributed by atoms with van der Waals surface area (Å²) in [7, 11) is 0. The highest BCUT2D eigenvalue weighted by molar-refractivity contribution is 5.69. The first-order chi connectivity index (χ1) is 35.1. The second-order valence-corrected chi connectivity index (χ2v) is 20.8. The van der Waals surface area contributed by atoms with Crippen LogP contribution in [0.25, 0.3) is 0 Å². The van der Waals surface area contributed by atoms with E-state index in [4.69, 9.17) is 28.4 Å². The summed E-state index contributed by atoms with van der Waals surface area (Å²) in [6, 6.07) is 0. The number of carbonyl (C=O) groups is 1. The minimum atomic E-state index is -1.70. The lowest BCUT2D eigenvalue weighted by Crippen LogP contribution is -2.61. The van der Waals surface area contributed by atoms with Crippen molar-refractivity contribution in [1.82, 2.24) is 0 Å². The third kappa shape index (κ3) is 32.1. The van der Waals surface area contributed by atoms with E-state index in [0.717, 1.165) is 44.9 Å². The quantitative estimate of drug-likeness (QED) is 0.0172. The summed E-state index contributed by atoms with van der Waals surface area (Å²) in [5, 5.41) is 72.3. The molecule has 0 aliphatic carbocycles. The first-order valence-electron chi connectivity index (χ1n) is 29.4. The van der Waals surface area contributed by atoms with E-state index in [-0.39, 0.29) is 25.6 Å². The number of carbonyl (C=O) groups excluding carboxylic acids is 1. The zero-order chi connectivity index (χ0) is 52.3. The fourth-order valence-electron chi connectivity index (χ4n) is 9.44. The molecule has 14 heteroatoms. The highest BCUT2D eigenvalue weighted by Crippen LogP contribution is 2.27. The molecular weight excluding hydrogens is 921 g/mol. The zero-order valence-corrected chi connectivity index (χ0v) is 45.4. The van der Waals surface area contributed by atoms with Crippen molar-refractivity contribution in [2.24, 2.45) is 0 Å². The molecule has 0 spiro atoms. The summed E-state index contributed by atoms with van der Waals surface area (Å²) in [5.41, 5.74) is 0. The SMILES string of the molecule is CCCCCCC/C=C\C/C=C\CCCCCCCCCCCCCC(=O)OC(COCCCCCCCCCCCCCCCCC)COC1OC(COC2OC(CO)C(O)C(O)C2O)C(O)C(O)C1O. The summed E-state index contributed by atoms with van der Waals surface area (Å²) in [6.07, 6.45) is 35.2. The second kappa shape index (κ2) is 45.6. The first-order valence-corrected chi connectivity index (χ1v) is 29.4. The van der Waals surface area contributed by atoms with Crippen molar-refractivity contribution in [2.75, 3.05) is 33.0 Å². The van der Waals surface area contributed by atoms with Gasteiger partial charge in [-0.3, -0.25) is 4.79 Å². The molecule has 0 aromatic rings. The molecule has 0 amide bonds. The van der Waals surface area contributed by atoms with Gasteiger partial charge >= 0.3 is 5.97 Å². The molecule has 2 rings (SSSR count). The Morgan fingerprint density at radius 1 is 0.458 bits per heavy atom. The predicted molar refractivity (Wildman–Crippen MR) is 284 cm³/mol. The van der Waals surface area contributed by atoms with Gasteiger partial charge < -0.3 is 64.2 Å². The molecule has 0 aromatic carbocycles. The van der Waals surface area contributed by atoms with Crippen LogP contribution < -0.4 is 0 Å². The Hall–Kier alpha value is -1.53. The molecule has 2 aliphatic heterocycles. The molecular formula is C58H108O14. The van der Waals surface area contributed by atoms with Gasteiger partial charge in [0.15, 0.2) is 12.6 Å². The molecule has 0 aromatic heterocycles. The average molecular weight is 1030 g/mol. The molecule has 2 fully saturated rings. The Labute approximate surface area is 437 Å². The molecule has 72 heavy (non-hydrogen) atoms. The number of aliphatic hydroxyl groups is 7. The van der Waals surface area contributed by atoms with Gasteiger partial charge in [0.05, 0.1) is 26.4 Å². The standard InChI is InChI=1S/C58H108O14/c1-3-5-7-9-11-13-15-17-19-20-21-22-23-24-25-26-27-29-31-33-35-37-39-41-50(60)70-47(44-67-42-40-38-36-34-32-30-28-18-16-14-12-10-8-6-4-2)45-68-57-56(66)54(64)52(62)49(72-57)46-69-58-55(65)53(63)51(61)48(43-59)71-58/h15,17,20-21,47-49,51-59,61-66H,3-14,16,18-19,22-46H2,1-2H3/b17-15-,21-20-. The van der Waals surface area contributed by atoms with Gasteiger partial charge in [0.25, 0.3) is 0 Å². The molecule has 424 valence electrons. The molecule has 11 atom stereocenters. The van der Waals surface area contributed by atoms with Crippen LogP contribution >= 0.6 is 0 Å². The van der Waals surface area contributed by atoms with E-state index in [1.54, 1.807) is 0 Å². The number of rotatable bonds is 48. The van der Waals surface area contributed by atoms with Gasteiger partial charge in [-0.15, -0.1) is 0 Å². The van der Waals surface area contributed by atoms with Gasteiger partial charge in [-0.05, 0) is 44.9 Å². The first kappa shape index (κ1) is 66.6. The molecule has 2 heterocycles. The van der Waals surface area contributed by atoms with Crippen LogP contribution in [0.3, 0.4) is 0 Å². The largest absolute Gasteiger partial charge is 0.457 e. The molecule has 0 radical (unpaired) electrons. The van der Waals surface area contributed by atoms with Crippen LogP contribution in [0.15, 0.2) is 24.3 Å². The monoisotopic (exact) mass is 1030 g/mol. The van der Waals surface area contributed by atoms with E-state index in [0.29, 0.717) is 13.0 Å². The summed E-state index contributed by atoms with van der Waals surface area (Å²) < 4.78 is 34.4. The summed E-state index contributed by atoms with van der Waals surface area (Å²) in [4.78, 5) is 13.1. The molecule has 0 saturated carbocycles. The molecule has 7 N–H and O–H groups in total. The number of aliphatic hydroxyl groups excluding tert-OH is 7. The summed E-state index contributed by atoms with van der Waals surface area (Å²) in [6.45, 7) is 3.72. The molecule has 0 bridgehead atoms.